The molecule has 1 saturated heterocycles. The molecule has 7 heteroatoms. The van der Waals surface area contributed by atoms with Crippen LogP contribution in [-0.4, -0.2) is 53.7 Å². The first-order valence-electron chi connectivity index (χ1n) is 9.45. The van der Waals surface area contributed by atoms with E-state index in [1.165, 1.54) is 4.57 Å². The molecule has 0 bridgehead atoms. The van der Waals surface area contributed by atoms with Crippen LogP contribution >= 0.6 is 0 Å². The molecule has 28 heavy (non-hydrogen) atoms. The van der Waals surface area contributed by atoms with Crippen LogP contribution < -0.4 is 11.2 Å². The first kappa shape index (κ1) is 18.6. The molecule has 2 heterocycles. The number of hydroxylamine groups is 3. The summed E-state index contributed by atoms with van der Waals surface area (Å²) in [6, 6.07) is 16.3. The average molecular weight is 382 g/mol. The molecule has 0 spiro atoms. The topological polar surface area (TPSA) is 62.5 Å². The summed E-state index contributed by atoms with van der Waals surface area (Å²) in [6.45, 7) is 3.81. The van der Waals surface area contributed by atoms with Gasteiger partial charge in [-0.05, 0) is 24.3 Å². The predicted molar refractivity (Wildman–Crippen MR) is 106 cm³/mol. The van der Waals surface area contributed by atoms with Gasteiger partial charge in [-0.1, -0.05) is 30.3 Å². The van der Waals surface area contributed by atoms with Crippen LogP contribution in [0.1, 0.15) is 0 Å². The zero-order chi connectivity index (χ0) is 19.6. The summed E-state index contributed by atoms with van der Waals surface area (Å²) in [7, 11) is 1.69. The Morgan fingerprint density at radius 2 is 1.68 bits per heavy atom. The van der Waals surface area contributed by atoms with E-state index in [4.69, 9.17) is 9.57 Å². The molecule has 1 aliphatic rings. The van der Waals surface area contributed by atoms with Crippen LogP contribution in [0, 0.1) is 0 Å². The molecular formula is C21H24N3O4+. The van der Waals surface area contributed by atoms with E-state index in [2.05, 4.69) is 0 Å². The fourth-order valence-corrected chi connectivity index (χ4v) is 3.80. The number of rotatable bonds is 5. The summed E-state index contributed by atoms with van der Waals surface area (Å²) < 4.78 is 8.82. The van der Waals surface area contributed by atoms with E-state index >= 15 is 0 Å². The number of benzene rings is 2. The van der Waals surface area contributed by atoms with Crippen molar-refractivity contribution in [1.29, 1.82) is 0 Å². The highest BCUT2D eigenvalue weighted by Gasteiger charge is 2.32. The smallest absolute Gasteiger partial charge is 0.336 e. The maximum Gasteiger partial charge on any atom is 0.336 e. The van der Waals surface area contributed by atoms with Gasteiger partial charge in [-0.15, -0.1) is 0 Å². The molecule has 0 N–H and O–H groups in total. The molecular weight excluding hydrogens is 358 g/mol. The number of morpholine rings is 1. The van der Waals surface area contributed by atoms with Gasteiger partial charge in [0, 0.05) is 0 Å². The molecule has 7 nitrogen and oxygen atoms in total. The van der Waals surface area contributed by atoms with Gasteiger partial charge >= 0.3 is 5.69 Å². The first-order chi connectivity index (χ1) is 13.7. The Balaban J connectivity index is 1.83. The van der Waals surface area contributed by atoms with Gasteiger partial charge in [-0.2, -0.15) is 4.65 Å². The van der Waals surface area contributed by atoms with Crippen molar-refractivity contribution in [2.75, 3.05) is 40.0 Å². The summed E-state index contributed by atoms with van der Waals surface area (Å²) in [5.74, 6) is 0. The van der Waals surface area contributed by atoms with Crippen molar-refractivity contribution in [3.8, 4) is 5.69 Å². The molecule has 0 unspecified atom stereocenters. The number of fused-ring (bicyclic) bond motifs is 1. The van der Waals surface area contributed by atoms with E-state index in [1.54, 1.807) is 29.9 Å². The van der Waals surface area contributed by atoms with Gasteiger partial charge in [0.05, 0.1) is 43.5 Å². The normalized spacial score (nSPS) is 16.3. The highest BCUT2D eigenvalue weighted by atomic mass is 16.7. The van der Waals surface area contributed by atoms with E-state index in [0.717, 1.165) is 13.1 Å². The van der Waals surface area contributed by atoms with Crippen molar-refractivity contribution >= 4 is 10.9 Å². The molecule has 3 aromatic rings. The molecule has 1 fully saturated rings. The highest BCUT2D eigenvalue weighted by Crippen LogP contribution is 2.14. The van der Waals surface area contributed by atoms with Crippen molar-refractivity contribution < 1.29 is 14.2 Å². The number of quaternary nitrogens is 1. The maximum atomic E-state index is 13.3. The van der Waals surface area contributed by atoms with Crippen LogP contribution in [0.25, 0.3) is 16.6 Å². The Kier molecular flexibility index (Phi) is 5.13. The van der Waals surface area contributed by atoms with Gasteiger partial charge in [-0.25, -0.2) is 14.2 Å². The number of para-hydroxylation sites is 2. The van der Waals surface area contributed by atoms with Crippen molar-refractivity contribution in [3.05, 3.63) is 75.4 Å². The van der Waals surface area contributed by atoms with Crippen molar-refractivity contribution in [2.45, 2.75) is 6.54 Å². The Bertz CT molecular complexity index is 1080. The molecule has 0 atom stereocenters. The lowest BCUT2D eigenvalue weighted by atomic mass is 10.2. The lowest BCUT2D eigenvalue weighted by Gasteiger charge is -2.37. The third-order valence-electron chi connectivity index (χ3n) is 5.47. The van der Waals surface area contributed by atoms with E-state index in [0.29, 0.717) is 47.5 Å². The van der Waals surface area contributed by atoms with Crippen LogP contribution in [0.5, 0.6) is 0 Å². The van der Waals surface area contributed by atoms with Crippen LogP contribution in [0.2, 0.25) is 0 Å². The molecule has 2 aromatic carbocycles. The Labute approximate surface area is 162 Å². The summed E-state index contributed by atoms with van der Waals surface area (Å²) in [5.41, 5.74) is 0.577. The van der Waals surface area contributed by atoms with Crippen LogP contribution in [0.15, 0.2) is 64.2 Å². The molecule has 4 rings (SSSR count). The van der Waals surface area contributed by atoms with Gasteiger partial charge in [0.2, 0.25) is 0 Å². The molecule has 0 saturated carbocycles. The van der Waals surface area contributed by atoms with Crippen molar-refractivity contribution in [3.63, 3.8) is 0 Å². The Morgan fingerprint density at radius 3 is 2.39 bits per heavy atom. The molecule has 146 valence electrons. The number of hydrogen-bond acceptors (Lipinski definition) is 4. The minimum absolute atomic E-state index is 0.301. The maximum absolute atomic E-state index is 13.3. The fourth-order valence-electron chi connectivity index (χ4n) is 3.80. The van der Waals surface area contributed by atoms with Crippen molar-refractivity contribution in [1.82, 2.24) is 9.13 Å². The summed E-state index contributed by atoms with van der Waals surface area (Å²) in [4.78, 5) is 32.1. The lowest BCUT2D eigenvalue weighted by Crippen LogP contribution is -2.56. The SMILES string of the molecule is CO[N+]1(CCn2c(=O)n(-c3ccccc3)c(=O)c3ccccc32)CCOCC1. The highest BCUT2D eigenvalue weighted by molar-refractivity contribution is 5.78. The van der Waals surface area contributed by atoms with Crippen LogP contribution in [-0.2, 0) is 16.1 Å². The molecule has 0 aliphatic carbocycles. The lowest BCUT2D eigenvalue weighted by molar-refractivity contribution is -1.11. The fraction of sp³-hybridized carbons (Fsp3) is 0.333. The number of aromatic nitrogens is 2. The predicted octanol–water partition coefficient (Wildman–Crippen LogP) is 1.56. The summed E-state index contributed by atoms with van der Waals surface area (Å²) >= 11 is 0. The summed E-state index contributed by atoms with van der Waals surface area (Å²) in [6.07, 6.45) is 0. The van der Waals surface area contributed by atoms with E-state index in [-0.39, 0.29) is 11.2 Å². The monoisotopic (exact) mass is 382 g/mol. The summed E-state index contributed by atoms with van der Waals surface area (Å²) in [5, 5.41) is 0.525. The minimum Gasteiger partial charge on any atom is -0.370 e. The zero-order valence-corrected chi connectivity index (χ0v) is 15.9. The molecule has 1 aromatic heterocycles. The van der Waals surface area contributed by atoms with E-state index in [9.17, 15) is 9.59 Å². The minimum atomic E-state index is -0.336. The van der Waals surface area contributed by atoms with Gasteiger partial charge in [-0.3, -0.25) is 9.36 Å². The number of hydrogen-bond donors (Lipinski definition) is 0. The van der Waals surface area contributed by atoms with Crippen LogP contribution in [0.3, 0.4) is 0 Å². The van der Waals surface area contributed by atoms with Crippen LogP contribution in [0.4, 0.5) is 0 Å². The molecule has 0 amide bonds. The largest absolute Gasteiger partial charge is 0.370 e. The second kappa shape index (κ2) is 7.71. The van der Waals surface area contributed by atoms with E-state index < -0.39 is 0 Å². The zero-order valence-electron chi connectivity index (χ0n) is 15.9. The van der Waals surface area contributed by atoms with Gasteiger partial charge in [0.15, 0.2) is 0 Å². The second-order valence-corrected chi connectivity index (χ2v) is 6.95. The van der Waals surface area contributed by atoms with Gasteiger partial charge < -0.3 is 4.74 Å². The molecule has 0 radical (unpaired) electrons. The molecule has 1 aliphatic heterocycles. The van der Waals surface area contributed by atoms with Gasteiger partial charge in [0.1, 0.15) is 19.6 Å². The quantitative estimate of drug-likeness (QED) is 0.629. The number of ether oxygens (including phenoxy) is 1. The van der Waals surface area contributed by atoms with E-state index in [1.807, 2.05) is 36.4 Å². The average Bonchev–Trinajstić information content (AvgIpc) is 2.75. The van der Waals surface area contributed by atoms with Gasteiger partial charge in [0.25, 0.3) is 5.56 Å². The Morgan fingerprint density at radius 1 is 1.00 bits per heavy atom. The Hall–Kier alpha value is -2.74. The standard InChI is InChI=1S/C21H24N3O4/c1-27-24(13-15-28-16-14-24)12-11-22-19-10-6-5-9-18(19)20(25)23(21(22)26)17-7-3-2-4-8-17/h2-10H,11-16H2,1H3/q+1. The third-order valence-corrected chi connectivity index (χ3v) is 5.47. The number of nitrogens with zero attached hydrogens (tertiary/aromatic N) is 3. The third kappa shape index (κ3) is 3.28. The van der Waals surface area contributed by atoms with Crippen molar-refractivity contribution in [2.24, 2.45) is 0 Å². The second-order valence-electron chi connectivity index (χ2n) is 6.95. The first-order valence-corrected chi connectivity index (χ1v) is 9.45.